The van der Waals surface area contributed by atoms with Crippen molar-refractivity contribution in [2.45, 2.75) is 13.0 Å². The Kier molecular flexibility index (Phi) is 2.97. The molecule has 0 saturated heterocycles. The minimum Gasteiger partial charge on any atom is -0.480 e. The molecule has 0 bridgehead atoms. The van der Waals surface area contributed by atoms with E-state index in [9.17, 15) is 9.90 Å². The number of rotatable bonds is 3. The second-order valence-corrected chi connectivity index (χ2v) is 5.38. The van der Waals surface area contributed by atoms with Gasteiger partial charge in [0, 0.05) is 5.56 Å². The Morgan fingerprint density at radius 2 is 2.00 bits per heavy atom. The Labute approximate surface area is 131 Å². The summed E-state index contributed by atoms with van der Waals surface area (Å²) in [6, 6.07) is 12.3. The Bertz CT molecular complexity index is 916. The summed E-state index contributed by atoms with van der Waals surface area (Å²) in [5.74, 6) is 1.02. The molecule has 1 unspecified atom stereocenters. The number of hydrogen-bond acceptors (Lipinski definition) is 4. The first kappa shape index (κ1) is 13.6. The molecule has 1 atom stereocenters. The predicted octanol–water partition coefficient (Wildman–Crippen LogP) is 3.08. The molecule has 1 aromatic heterocycles. The molecule has 0 spiro atoms. The van der Waals surface area contributed by atoms with Crippen LogP contribution in [0.3, 0.4) is 0 Å². The SMILES string of the molecule is CC(C(=O)O)n1c(-c2ccc3c(c2)OCO3)nc2ccccc21. The molecule has 6 heteroatoms. The van der Waals surface area contributed by atoms with E-state index < -0.39 is 12.0 Å². The van der Waals surface area contributed by atoms with Crippen LogP contribution in [0.1, 0.15) is 13.0 Å². The Morgan fingerprint density at radius 3 is 2.83 bits per heavy atom. The number of hydrogen-bond donors (Lipinski definition) is 1. The van der Waals surface area contributed by atoms with Gasteiger partial charge in [0.15, 0.2) is 11.5 Å². The molecule has 116 valence electrons. The summed E-state index contributed by atoms with van der Waals surface area (Å²) in [7, 11) is 0. The fourth-order valence-electron chi connectivity index (χ4n) is 2.79. The number of benzene rings is 2. The van der Waals surface area contributed by atoms with Crippen molar-refractivity contribution < 1.29 is 19.4 Å². The fourth-order valence-corrected chi connectivity index (χ4v) is 2.79. The smallest absolute Gasteiger partial charge is 0.326 e. The molecular formula is C17H14N2O4. The van der Waals surface area contributed by atoms with Crippen LogP contribution in [0.5, 0.6) is 11.5 Å². The standard InChI is InChI=1S/C17H14N2O4/c1-10(17(20)21)19-13-5-3-2-4-12(13)18-16(19)11-6-7-14-15(8-11)23-9-22-14/h2-8,10H,9H2,1H3,(H,20,21). The fraction of sp³-hybridized carbons (Fsp3) is 0.176. The number of ether oxygens (including phenoxy) is 2. The van der Waals surface area contributed by atoms with E-state index >= 15 is 0 Å². The van der Waals surface area contributed by atoms with E-state index in [1.165, 1.54) is 0 Å². The van der Waals surface area contributed by atoms with Crippen LogP contribution in [0, 0.1) is 0 Å². The highest BCUT2D eigenvalue weighted by molar-refractivity contribution is 5.84. The minimum absolute atomic E-state index is 0.195. The molecule has 1 N–H and O–H groups in total. The van der Waals surface area contributed by atoms with Gasteiger partial charge in [-0.1, -0.05) is 12.1 Å². The van der Waals surface area contributed by atoms with Gasteiger partial charge in [-0.2, -0.15) is 0 Å². The van der Waals surface area contributed by atoms with Gasteiger partial charge in [0.05, 0.1) is 11.0 Å². The molecule has 4 rings (SSSR count). The highest BCUT2D eigenvalue weighted by atomic mass is 16.7. The van der Waals surface area contributed by atoms with Crippen LogP contribution >= 0.6 is 0 Å². The summed E-state index contributed by atoms with van der Waals surface area (Å²) in [5.41, 5.74) is 2.34. The summed E-state index contributed by atoms with van der Waals surface area (Å²) < 4.78 is 12.5. The molecule has 0 radical (unpaired) electrons. The Morgan fingerprint density at radius 1 is 1.22 bits per heavy atom. The summed E-state index contributed by atoms with van der Waals surface area (Å²) in [6.45, 7) is 1.84. The van der Waals surface area contributed by atoms with Crippen LogP contribution < -0.4 is 9.47 Å². The monoisotopic (exact) mass is 310 g/mol. The lowest BCUT2D eigenvalue weighted by Crippen LogP contribution is -2.16. The lowest BCUT2D eigenvalue weighted by Gasteiger charge is -2.14. The Balaban J connectivity index is 1.95. The van der Waals surface area contributed by atoms with Crippen molar-refractivity contribution in [3.63, 3.8) is 0 Å². The van der Waals surface area contributed by atoms with Crippen molar-refractivity contribution in [1.29, 1.82) is 0 Å². The average Bonchev–Trinajstić information content (AvgIpc) is 3.17. The number of para-hydroxylation sites is 2. The van der Waals surface area contributed by atoms with E-state index in [2.05, 4.69) is 4.98 Å². The maximum atomic E-state index is 11.5. The van der Waals surface area contributed by atoms with Gasteiger partial charge in [0.1, 0.15) is 11.9 Å². The van der Waals surface area contributed by atoms with E-state index in [-0.39, 0.29) is 6.79 Å². The molecule has 0 saturated carbocycles. The molecule has 2 heterocycles. The van der Waals surface area contributed by atoms with Crippen LogP contribution in [0.2, 0.25) is 0 Å². The van der Waals surface area contributed by atoms with Crippen LogP contribution in [0.4, 0.5) is 0 Å². The Hall–Kier alpha value is -3.02. The zero-order chi connectivity index (χ0) is 16.0. The quantitative estimate of drug-likeness (QED) is 0.804. The van der Waals surface area contributed by atoms with Crippen LogP contribution in [0.25, 0.3) is 22.4 Å². The van der Waals surface area contributed by atoms with Gasteiger partial charge in [0.2, 0.25) is 6.79 Å². The third-order valence-corrected chi connectivity index (χ3v) is 3.97. The molecule has 3 aromatic rings. The molecule has 0 aliphatic carbocycles. The van der Waals surface area contributed by atoms with E-state index in [0.717, 1.165) is 16.6 Å². The molecule has 6 nitrogen and oxygen atoms in total. The predicted molar refractivity (Wildman–Crippen MR) is 83.6 cm³/mol. The van der Waals surface area contributed by atoms with Gasteiger partial charge in [-0.25, -0.2) is 9.78 Å². The number of carboxylic acids is 1. The van der Waals surface area contributed by atoms with E-state index in [1.54, 1.807) is 11.5 Å². The largest absolute Gasteiger partial charge is 0.480 e. The van der Waals surface area contributed by atoms with Gasteiger partial charge >= 0.3 is 5.97 Å². The topological polar surface area (TPSA) is 73.6 Å². The zero-order valence-corrected chi connectivity index (χ0v) is 12.4. The normalized spacial score (nSPS) is 14.1. The first-order valence-corrected chi connectivity index (χ1v) is 7.25. The summed E-state index contributed by atoms with van der Waals surface area (Å²) in [4.78, 5) is 16.1. The number of imidazole rings is 1. The molecule has 23 heavy (non-hydrogen) atoms. The van der Waals surface area contributed by atoms with Gasteiger partial charge in [0.25, 0.3) is 0 Å². The molecule has 1 aliphatic heterocycles. The maximum Gasteiger partial charge on any atom is 0.326 e. The van der Waals surface area contributed by atoms with Crippen LogP contribution in [-0.4, -0.2) is 27.4 Å². The molecule has 0 fully saturated rings. The van der Waals surface area contributed by atoms with Gasteiger partial charge in [-0.3, -0.25) is 0 Å². The van der Waals surface area contributed by atoms with Gasteiger partial charge in [-0.15, -0.1) is 0 Å². The van der Waals surface area contributed by atoms with Crippen molar-refractivity contribution >= 4 is 17.0 Å². The number of aliphatic carboxylic acids is 1. The van der Waals surface area contributed by atoms with Crippen LogP contribution in [0.15, 0.2) is 42.5 Å². The van der Waals surface area contributed by atoms with Crippen molar-refractivity contribution in [3.05, 3.63) is 42.5 Å². The lowest BCUT2D eigenvalue weighted by atomic mass is 10.1. The van der Waals surface area contributed by atoms with Crippen molar-refractivity contribution in [3.8, 4) is 22.9 Å². The first-order chi connectivity index (χ1) is 11.1. The lowest BCUT2D eigenvalue weighted by molar-refractivity contribution is -0.140. The molecule has 2 aromatic carbocycles. The second kappa shape index (κ2) is 5.01. The zero-order valence-electron chi connectivity index (χ0n) is 12.4. The van der Waals surface area contributed by atoms with E-state index in [0.29, 0.717) is 17.3 Å². The molecule has 0 amide bonds. The summed E-state index contributed by atoms with van der Waals surface area (Å²) >= 11 is 0. The third-order valence-electron chi connectivity index (χ3n) is 3.97. The van der Waals surface area contributed by atoms with Gasteiger partial charge in [-0.05, 0) is 37.3 Å². The summed E-state index contributed by atoms with van der Waals surface area (Å²) in [5, 5.41) is 9.45. The number of aromatic nitrogens is 2. The van der Waals surface area contributed by atoms with Crippen LogP contribution in [-0.2, 0) is 4.79 Å². The highest BCUT2D eigenvalue weighted by Crippen LogP contribution is 2.37. The maximum absolute atomic E-state index is 11.5. The second-order valence-electron chi connectivity index (χ2n) is 5.38. The van der Waals surface area contributed by atoms with E-state index in [1.807, 2.05) is 42.5 Å². The number of carboxylic acid groups (broad SMARTS) is 1. The van der Waals surface area contributed by atoms with E-state index in [4.69, 9.17) is 9.47 Å². The minimum atomic E-state index is -0.907. The van der Waals surface area contributed by atoms with Crippen molar-refractivity contribution in [2.24, 2.45) is 0 Å². The summed E-state index contributed by atoms with van der Waals surface area (Å²) in [6.07, 6.45) is 0. The molecular weight excluding hydrogens is 296 g/mol. The average molecular weight is 310 g/mol. The highest BCUT2D eigenvalue weighted by Gasteiger charge is 2.23. The first-order valence-electron chi connectivity index (χ1n) is 7.25. The van der Waals surface area contributed by atoms with Crippen molar-refractivity contribution in [2.75, 3.05) is 6.79 Å². The van der Waals surface area contributed by atoms with Crippen molar-refractivity contribution in [1.82, 2.24) is 9.55 Å². The number of nitrogens with zero attached hydrogens (tertiary/aromatic N) is 2. The molecule has 1 aliphatic rings. The van der Waals surface area contributed by atoms with Gasteiger partial charge < -0.3 is 19.1 Å². The number of fused-ring (bicyclic) bond motifs is 2. The third kappa shape index (κ3) is 2.11. The number of carbonyl (C=O) groups is 1.